The van der Waals surface area contributed by atoms with Crippen LogP contribution in [0.1, 0.15) is 27.8 Å². The molecule has 46 heavy (non-hydrogen) atoms. The Morgan fingerprint density at radius 3 is 1.78 bits per heavy atom. The highest BCUT2D eigenvalue weighted by Crippen LogP contribution is 2.58. The normalized spacial score (nSPS) is 12.5. The lowest BCUT2D eigenvalue weighted by atomic mass is 9.67. The van der Waals surface area contributed by atoms with Gasteiger partial charge < -0.3 is 18.9 Å². The van der Waals surface area contributed by atoms with Crippen LogP contribution >= 0.6 is 0 Å². The van der Waals surface area contributed by atoms with Gasteiger partial charge in [-0.25, -0.2) is 9.59 Å². The van der Waals surface area contributed by atoms with E-state index in [1.165, 1.54) is 38.6 Å². The number of fused-ring (bicyclic) bond motifs is 5. The first-order chi connectivity index (χ1) is 22.4. The molecule has 6 rings (SSSR count). The summed E-state index contributed by atoms with van der Waals surface area (Å²) in [7, 11) is 0. The van der Waals surface area contributed by atoms with Gasteiger partial charge in [0.05, 0.1) is 5.41 Å². The van der Waals surface area contributed by atoms with Crippen molar-refractivity contribution in [1.82, 2.24) is 0 Å². The van der Waals surface area contributed by atoms with Gasteiger partial charge in [-0.1, -0.05) is 97.6 Å². The predicted octanol–water partition coefficient (Wildman–Crippen LogP) is 7.73. The minimum Gasteiger partial charge on any atom is -0.490 e. The second kappa shape index (κ2) is 13.2. The smallest absolute Gasteiger partial charge is 0.330 e. The van der Waals surface area contributed by atoms with Crippen LogP contribution in [-0.4, -0.2) is 38.4 Å². The first-order valence-electron chi connectivity index (χ1n) is 15.1. The van der Waals surface area contributed by atoms with Gasteiger partial charge in [0.15, 0.2) is 0 Å². The molecule has 5 aromatic carbocycles. The van der Waals surface area contributed by atoms with Gasteiger partial charge >= 0.3 is 11.9 Å². The fraction of sp³-hybridized carbons (Fsp3) is 0.150. The van der Waals surface area contributed by atoms with Crippen molar-refractivity contribution in [2.45, 2.75) is 12.3 Å². The number of hydrogen-bond donors (Lipinski definition) is 0. The van der Waals surface area contributed by atoms with Crippen LogP contribution in [0.15, 0.2) is 128 Å². The van der Waals surface area contributed by atoms with Crippen LogP contribution in [0.3, 0.4) is 0 Å². The molecule has 0 fully saturated rings. The summed E-state index contributed by atoms with van der Waals surface area (Å²) >= 11 is 0. The van der Waals surface area contributed by atoms with E-state index >= 15 is 0 Å². The van der Waals surface area contributed by atoms with E-state index in [9.17, 15) is 9.59 Å². The van der Waals surface area contributed by atoms with Gasteiger partial charge in [-0.3, -0.25) is 0 Å². The lowest BCUT2D eigenvalue weighted by Crippen LogP contribution is -2.28. The Kier molecular flexibility index (Phi) is 8.70. The predicted molar refractivity (Wildman–Crippen MR) is 179 cm³/mol. The molecule has 0 atom stereocenters. The molecule has 0 unspecified atom stereocenters. The minimum atomic E-state index is -0.628. The van der Waals surface area contributed by atoms with E-state index in [4.69, 9.17) is 18.9 Å². The van der Waals surface area contributed by atoms with Gasteiger partial charge in [0.1, 0.15) is 37.9 Å². The number of carbonyl (C=O) groups excluding carboxylic acids is 2. The molecule has 5 aromatic rings. The van der Waals surface area contributed by atoms with Crippen molar-refractivity contribution < 1.29 is 28.5 Å². The first-order valence-corrected chi connectivity index (χ1v) is 15.1. The van der Waals surface area contributed by atoms with Gasteiger partial charge in [0.25, 0.3) is 0 Å². The van der Waals surface area contributed by atoms with Crippen molar-refractivity contribution in [2.24, 2.45) is 0 Å². The number of esters is 2. The molecule has 0 aromatic heterocycles. The average molecular weight is 611 g/mol. The molecular formula is C40H34O6. The third kappa shape index (κ3) is 5.66. The number of aryl methyl sites for hydroxylation is 1. The third-order valence-electron chi connectivity index (χ3n) is 8.28. The average Bonchev–Trinajstić information content (AvgIpc) is 3.39. The second-order valence-corrected chi connectivity index (χ2v) is 11.0. The summed E-state index contributed by atoms with van der Waals surface area (Å²) in [5.41, 5.74) is 7.54. The SMILES string of the molecule is C=CC(=O)OCCOc1ccc(C2(c3ccc(OCCOC(=O)C=C)cc3)c3cc(C)ccc3-c3c2ccc2ccccc32)cc1. The maximum absolute atomic E-state index is 11.4. The number of benzene rings is 5. The molecule has 6 nitrogen and oxygen atoms in total. The molecule has 1 aliphatic carbocycles. The maximum Gasteiger partial charge on any atom is 0.330 e. The number of rotatable bonds is 12. The molecule has 0 amide bonds. The maximum atomic E-state index is 11.4. The number of carbonyl (C=O) groups is 2. The minimum absolute atomic E-state index is 0.134. The zero-order chi connectivity index (χ0) is 32.1. The van der Waals surface area contributed by atoms with Gasteiger partial charge in [0.2, 0.25) is 0 Å². The fourth-order valence-electron chi connectivity index (χ4n) is 6.32. The summed E-state index contributed by atoms with van der Waals surface area (Å²) < 4.78 is 21.9. The van der Waals surface area contributed by atoms with Gasteiger partial charge in [-0.15, -0.1) is 0 Å². The van der Waals surface area contributed by atoms with Crippen LogP contribution in [-0.2, 0) is 24.5 Å². The summed E-state index contributed by atoms with van der Waals surface area (Å²) in [4.78, 5) is 22.8. The van der Waals surface area contributed by atoms with Crippen LogP contribution in [0.5, 0.6) is 11.5 Å². The van der Waals surface area contributed by atoms with Crippen LogP contribution in [0.25, 0.3) is 21.9 Å². The summed E-state index contributed by atoms with van der Waals surface area (Å²) in [6.07, 6.45) is 2.27. The molecule has 0 spiro atoms. The van der Waals surface area contributed by atoms with Crippen LogP contribution < -0.4 is 9.47 Å². The number of hydrogen-bond acceptors (Lipinski definition) is 6. The van der Waals surface area contributed by atoms with Gasteiger partial charge in [0, 0.05) is 12.2 Å². The topological polar surface area (TPSA) is 71.1 Å². The van der Waals surface area contributed by atoms with E-state index in [1.807, 2.05) is 24.3 Å². The van der Waals surface area contributed by atoms with Crippen molar-refractivity contribution in [2.75, 3.05) is 26.4 Å². The lowest BCUT2D eigenvalue weighted by Gasteiger charge is -2.34. The van der Waals surface area contributed by atoms with E-state index in [-0.39, 0.29) is 26.4 Å². The standard InChI is InChI=1S/C40H34O6/c1-4-37(41)45-24-22-43-31-16-12-29(13-17-31)40(30-14-18-32(19-15-30)44-23-25-46-38(42)5-2)35-21-11-28-8-6-7-9-33(28)39(35)34-20-10-27(3)26-36(34)40/h4-21,26H,1-2,22-25H2,3H3. The highest BCUT2D eigenvalue weighted by molar-refractivity contribution is 6.04. The Labute approximate surface area is 268 Å². The second-order valence-electron chi connectivity index (χ2n) is 11.0. The molecule has 0 N–H and O–H groups in total. The van der Waals surface area contributed by atoms with E-state index in [2.05, 4.69) is 98.9 Å². The summed E-state index contributed by atoms with van der Waals surface area (Å²) in [6.45, 7) is 9.69. The highest BCUT2D eigenvalue weighted by Gasteiger charge is 2.46. The van der Waals surface area contributed by atoms with Crippen LogP contribution in [0, 0.1) is 6.92 Å². The largest absolute Gasteiger partial charge is 0.490 e. The molecular weight excluding hydrogens is 576 g/mol. The van der Waals surface area contributed by atoms with E-state index < -0.39 is 17.4 Å². The van der Waals surface area contributed by atoms with Gasteiger partial charge in [-0.05, 0) is 75.3 Å². The lowest BCUT2D eigenvalue weighted by molar-refractivity contribution is -0.139. The molecule has 230 valence electrons. The Hall–Kier alpha value is -5.62. The zero-order valence-corrected chi connectivity index (χ0v) is 25.7. The Bertz CT molecular complexity index is 1850. The van der Waals surface area contributed by atoms with Crippen molar-refractivity contribution in [3.63, 3.8) is 0 Å². The van der Waals surface area contributed by atoms with Crippen molar-refractivity contribution >= 4 is 22.7 Å². The van der Waals surface area contributed by atoms with Crippen molar-refractivity contribution in [3.8, 4) is 22.6 Å². The van der Waals surface area contributed by atoms with E-state index in [0.29, 0.717) is 11.5 Å². The quantitative estimate of drug-likeness (QED) is 0.0803. The van der Waals surface area contributed by atoms with Crippen LogP contribution in [0.2, 0.25) is 0 Å². The molecule has 0 aliphatic heterocycles. The summed E-state index contributed by atoms with van der Waals surface area (Å²) in [6, 6.07) is 36.0. The molecule has 0 saturated carbocycles. The molecule has 6 heteroatoms. The Morgan fingerprint density at radius 2 is 1.22 bits per heavy atom. The molecule has 1 aliphatic rings. The van der Waals surface area contributed by atoms with Crippen LogP contribution in [0.4, 0.5) is 0 Å². The Balaban J connectivity index is 1.44. The fourth-order valence-corrected chi connectivity index (χ4v) is 6.32. The molecule has 0 radical (unpaired) electrons. The van der Waals surface area contributed by atoms with Gasteiger partial charge in [-0.2, -0.15) is 0 Å². The number of ether oxygens (including phenoxy) is 4. The zero-order valence-electron chi connectivity index (χ0n) is 25.7. The van der Waals surface area contributed by atoms with Crippen molar-refractivity contribution in [3.05, 3.63) is 156 Å². The summed E-state index contributed by atoms with van der Waals surface area (Å²) in [5.74, 6) is 0.399. The third-order valence-corrected chi connectivity index (χ3v) is 8.28. The highest BCUT2D eigenvalue weighted by atomic mass is 16.6. The summed E-state index contributed by atoms with van der Waals surface area (Å²) in [5, 5.41) is 2.39. The monoisotopic (exact) mass is 610 g/mol. The van der Waals surface area contributed by atoms with E-state index in [0.717, 1.165) is 23.3 Å². The molecule has 0 heterocycles. The van der Waals surface area contributed by atoms with Crippen molar-refractivity contribution in [1.29, 1.82) is 0 Å². The molecule has 0 saturated heterocycles. The molecule has 0 bridgehead atoms. The Morgan fingerprint density at radius 1 is 0.652 bits per heavy atom. The first kappa shape index (κ1) is 30.4. The van der Waals surface area contributed by atoms with E-state index in [1.54, 1.807) is 0 Å².